The standard InChI is InChI=1S/C29H34F3N5O4/c1-41-25(38)18-6-10-36(11-7-18)23-5-9-28(15-23,20-3-2-4-22(14-20)35-27(33)40)26(39)37-12-8-24-19(17-37)13-21(16-34-24)29(30,31)32/h2-4,13-14,16,18,23H,5-12,15,17H2,1H3,(H3,33,35,40). The number of nitrogens with one attached hydrogen (secondary N) is 1. The lowest BCUT2D eigenvalue weighted by Crippen LogP contribution is -2.49. The van der Waals surface area contributed by atoms with Crippen molar-refractivity contribution in [2.45, 2.75) is 62.7 Å². The summed E-state index contributed by atoms with van der Waals surface area (Å²) in [5.74, 6) is -0.485. The van der Waals surface area contributed by atoms with Crippen molar-refractivity contribution in [3.63, 3.8) is 0 Å². The van der Waals surface area contributed by atoms with Crippen LogP contribution in [0.5, 0.6) is 0 Å². The maximum absolute atomic E-state index is 14.4. The Labute approximate surface area is 236 Å². The molecule has 3 N–H and O–H groups in total. The van der Waals surface area contributed by atoms with E-state index in [9.17, 15) is 27.6 Å². The van der Waals surface area contributed by atoms with Crippen LogP contribution in [0.3, 0.4) is 0 Å². The summed E-state index contributed by atoms with van der Waals surface area (Å²) in [6.45, 7) is 1.81. The monoisotopic (exact) mass is 573 g/mol. The van der Waals surface area contributed by atoms with Gasteiger partial charge in [0.2, 0.25) is 5.91 Å². The van der Waals surface area contributed by atoms with Crippen molar-refractivity contribution >= 4 is 23.6 Å². The highest BCUT2D eigenvalue weighted by molar-refractivity contribution is 5.91. The Balaban J connectivity index is 1.43. The highest BCUT2D eigenvalue weighted by Crippen LogP contribution is 2.46. The summed E-state index contributed by atoms with van der Waals surface area (Å²) in [6, 6.07) is 7.52. The number of esters is 1. The summed E-state index contributed by atoms with van der Waals surface area (Å²) in [4.78, 5) is 46.0. The van der Waals surface area contributed by atoms with Gasteiger partial charge in [0.05, 0.1) is 24.0 Å². The van der Waals surface area contributed by atoms with E-state index >= 15 is 0 Å². The first-order valence-corrected chi connectivity index (χ1v) is 13.8. The summed E-state index contributed by atoms with van der Waals surface area (Å²) in [5.41, 5.74) is 5.73. The number of nitrogens with two attached hydrogens (primary N) is 1. The van der Waals surface area contributed by atoms with E-state index < -0.39 is 23.2 Å². The second-order valence-corrected chi connectivity index (χ2v) is 11.2. The fraction of sp³-hybridized carbons (Fsp3) is 0.517. The number of anilines is 1. The number of carbonyl (C=O) groups is 3. The average molecular weight is 574 g/mol. The number of aromatic nitrogens is 1. The zero-order valence-electron chi connectivity index (χ0n) is 22.9. The minimum absolute atomic E-state index is 0.0429. The predicted molar refractivity (Wildman–Crippen MR) is 144 cm³/mol. The van der Waals surface area contributed by atoms with E-state index in [-0.39, 0.29) is 30.4 Å². The molecule has 2 fully saturated rings. The van der Waals surface area contributed by atoms with Crippen molar-refractivity contribution < 1.29 is 32.3 Å². The molecule has 12 heteroatoms. The number of hydrogen-bond acceptors (Lipinski definition) is 6. The summed E-state index contributed by atoms with van der Waals surface area (Å²) < 4.78 is 45.1. The molecule has 0 bridgehead atoms. The molecular formula is C29H34F3N5O4. The normalized spacial score (nSPS) is 23.6. The smallest absolute Gasteiger partial charge is 0.417 e. The van der Waals surface area contributed by atoms with Crippen LogP contribution in [0.1, 0.15) is 54.5 Å². The van der Waals surface area contributed by atoms with Crippen molar-refractivity contribution in [3.8, 4) is 0 Å². The summed E-state index contributed by atoms with van der Waals surface area (Å²) in [7, 11) is 1.39. The topological polar surface area (TPSA) is 118 Å². The van der Waals surface area contributed by atoms with Crippen LogP contribution in [0, 0.1) is 5.92 Å². The number of piperidine rings is 1. The number of halogens is 3. The number of fused-ring (bicyclic) bond motifs is 1. The van der Waals surface area contributed by atoms with Crippen LogP contribution in [0.4, 0.5) is 23.7 Å². The van der Waals surface area contributed by atoms with Crippen LogP contribution < -0.4 is 11.1 Å². The van der Waals surface area contributed by atoms with E-state index in [0.717, 1.165) is 24.2 Å². The first-order valence-electron chi connectivity index (χ1n) is 13.8. The first-order chi connectivity index (χ1) is 19.5. The van der Waals surface area contributed by atoms with E-state index in [1.807, 2.05) is 6.07 Å². The van der Waals surface area contributed by atoms with Crippen molar-refractivity contribution in [2.24, 2.45) is 11.7 Å². The molecule has 2 aromatic rings. The lowest BCUT2D eigenvalue weighted by molar-refractivity contribution is -0.147. The van der Waals surface area contributed by atoms with Crippen molar-refractivity contribution in [3.05, 3.63) is 58.9 Å². The molecule has 1 saturated carbocycles. The van der Waals surface area contributed by atoms with Crippen molar-refractivity contribution in [1.82, 2.24) is 14.8 Å². The molecule has 1 aromatic heterocycles. The van der Waals surface area contributed by atoms with Crippen LogP contribution in [0.25, 0.3) is 0 Å². The SMILES string of the molecule is COC(=O)C1CCN(C2CCC(C(=O)N3CCc4ncc(C(F)(F)F)cc4C3)(c3cccc(NC(N)=O)c3)C2)CC1. The van der Waals surface area contributed by atoms with Gasteiger partial charge in [0.15, 0.2) is 0 Å². The van der Waals surface area contributed by atoms with Crippen LogP contribution in [0.15, 0.2) is 36.5 Å². The number of likely N-dealkylation sites (tertiary alicyclic amines) is 1. The summed E-state index contributed by atoms with van der Waals surface area (Å²) in [5, 5.41) is 2.58. The number of pyridine rings is 1. The molecule has 1 aliphatic carbocycles. The molecule has 2 atom stereocenters. The van der Waals surface area contributed by atoms with Gasteiger partial charge in [0.1, 0.15) is 0 Å². The Hall–Kier alpha value is -3.67. The van der Waals surface area contributed by atoms with E-state index in [1.165, 1.54) is 7.11 Å². The van der Waals surface area contributed by atoms with Gasteiger partial charge in [-0.25, -0.2) is 4.79 Å². The molecule has 5 rings (SSSR count). The molecule has 9 nitrogen and oxygen atoms in total. The molecule has 3 amide bonds. The molecule has 41 heavy (non-hydrogen) atoms. The highest BCUT2D eigenvalue weighted by atomic mass is 19.4. The zero-order chi connectivity index (χ0) is 29.4. The van der Waals surface area contributed by atoms with Gasteiger partial charge in [0, 0.05) is 43.1 Å². The molecule has 3 heterocycles. The fourth-order valence-corrected chi connectivity index (χ4v) is 6.67. The first kappa shape index (κ1) is 28.8. The zero-order valence-corrected chi connectivity index (χ0v) is 22.9. The molecule has 1 aromatic carbocycles. The van der Waals surface area contributed by atoms with E-state index in [4.69, 9.17) is 10.5 Å². The lowest BCUT2D eigenvalue weighted by Gasteiger charge is -2.39. The van der Waals surface area contributed by atoms with Gasteiger partial charge in [-0.1, -0.05) is 12.1 Å². The molecule has 2 aliphatic heterocycles. The number of benzene rings is 1. The molecular weight excluding hydrogens is 539 g/mol. The van der Waals surface area contributed by atoms with Gasteiger partial charge in [-0.3, -0.25) is 14.6 Å². The van der Waals surface area contributed by atoms with Crippen LogP contribution in [-0.2, 0) is 38.9 Å². The van der Waals surface area contributed by atoms with E-state index in [0.29, 0.717) is 68.7 Å². The number of urea groups is 1. The predicted octanol–water partition coefficient (Wildman–Crippen LogP) is 3.85. The Kier molecular flexibility index (Phi) is 7.95. The van der Waals surface area contributed by atoms with Gasteiger partial charge in [-0.15, -0.1) is 0 Å². The second-order valence-electron chi connectivity index (χ2n) is 11.2. The Morgan fingerprint density at radius 3 is 2.56 bits per heavy atom. The Morgan fingerprint density at radius 1 is 1.12 bits per heavy atom. The van der Waals surface area contributed by atoms with Gasteiger partial charge < -0.3 is 25.6 Å². The largest absolute Gasteiger partial charge is 0.469 e. The number of carbonyl (C=O) groups excluding carboxylic acids is 3. The summed E-state index contributed by atoms with van der Waals surface area (Å²) >= 11 is 0. The Morgan fingerprint density at radius 2 is 1.88 bits per heavy atom. The Bertz CT molecular complexity index is 1330. The summed E-state index contributed by atoms with van der Waals surface area (Å²) in [6.07, 6.45) is -0.158. The van der Waals surface area contributed by atoms with Crippen LogP contribution >= 0.6 is 0 Å². The molecule has 0 spiro atoms. The number of rotatable bonds is 5. The van der Waals surface area contributed by atoms with Gasteiger partial charge in [0.25, 0.3) is 0 Å². The molecule has 0 radical (unpaired) electrons. The maximum atomic E-state index is 14.4. The number of primary amides is 1. The van der Waals surface area contributed by atoms with E-state index in [1.54, 1.807) is 23.1 Å². The van der Waals surface area contributed by atoms with Gasteiger partial charge >= 0.3 is 18.2 Å². The molecule has 3 aliphatic rings. The van der Waals surface area contributed by atoms with Crippen LogP contribution in [-0.4, -0.2) is 65.5 Å². The minimum Gasteiger partial charge on any atom is -0.469 e. The van der Waals surface area contributed by atoms with E-state index in [2.05, 4.69) is 15.2 Å². The number of alkyl halides is 3. The highest BCUT2D eigenvalue weighted by Gasteiger charge is 2.50. The molecule has 2 unspecified atom stereocenters. The maximum Gasteiger partial charge on any atom is 0.417 e. The number of amides is 3. The third kappa shape index (κ3) is 5.88. The molecule has 1 saturated heterocycles. The van der Waals surface area contributed by atoms with Gasteiger partial charge in [-0.2, -0.15) is 13.2 Å². The van der Waals surface area contributed by atoms with Crippen molar-refractivity contribution in [2.75, 3.05) is 32.1 Å². The average Bonchev–Trinajstić information content (AvgIpc) is 3.42. The second kappa shape index (κ2) is 11.3. The quantitative estimate of drug-likeness (QED) is 0.525. The third-order valence-electron chi connectivity index (χ3n) is 8.82. The number of ether oxygens (including phenoxy) is 1. The number of nitrogens with zero attached hydrogens (tertiary/aromatic N) is 3. The minimum atomic E-state index is -4.52. The lowest BCUT2D eigenvalue weighted by atomic mass is 9.76. The third-order valence-corrected chi connectivity index (χ3v) is 8.82. The number of methoxy groups -OCH3 is 1. The van der Waals surface area contributed by atoms with Gasteiger partial charge in [-0.05, 0) is 74.5 Å². The fourth-order valence-electron chi connectivity index (χ4n) is 6.67. The van der Waals surface area contributed by atoms with Crippen molar-refractivity contribution in [1.29, 1.82) is 0 Å². The number of hydrogen-bond donors (Lipinski definition) is 2. The van der Waals surface area contributed by atoms with Crippen LogP contribution in [0.2, 0.25) is 0 Å². The molecule has 220 valence electrons.